The summed E-state index contributed by atoms with van der Waals surface area (Å²) in [6.45, 7) is 3.91. The third-order valence-electron chi connectivity index (χ3n) is 4.19. The van der Waals surface area contributed by atoms with Crippen LogP contribution in [0.1, 0.15) is 27.2 Å². The number of carbonyl (C=O) groups excluding carboxylic acids is 3. The number of methoxy groups -OCH3 is 1. The van der Waals surface area contributed by atoms with Crippen LogP contribution in [0.3, 0.4) is 0 Å². The number of carbonyl (C=O) groups is 3. The van der Waals surface area contributed by atoms with Gasteiger partial charge in [-0.3, -0.25) is 14.4 Å². The second-order valence-corrected chi connectivity index (χ2v) is 6.48. The Labute approximate surface area is 169 Å². The molecule has 0 aliphatic carbocycles. The Bertz CT molecular complexity index is 700. The SMILES string of the molecule is COc1ccc(OCCC2O[C@H](COC(C)=O)[C@@H](OC(C)=O)[C@H]2OC(C)=O)cc1. The molecule has 0 saturated carbocycles. The number of esters is 3. The monoisotopic (exact) mass is 410 g/mol. The number of benzene rings is 1. The van der Waals surface area contributed by atoms with Gasteiger partial charge in [-0.2, -0.15) is 0 Å². The minimum Gasteiger partial charge on any atom is -0.497 e. The molecule has 1 fully saturated rings. The largest absolute Gasteiger partial charge is 0.497 e. The van der Waals surface area contributed by atoms with E-state index in [1.54, 1.807) is 31.4 Å². The van der Waals surface area contributed by atoms with Gasteiger partial charge < -0.3 is 28.4 Å². The summed E-state index contributed by atoms with van der Waals surface area (Å²) >= 11 is 0. The number of hydrogen-bond acceptors (Lipinski definition) is 9. The van der Waals surface area contributed by atoms with Crippen molar-refractivity contribution in [3.05, 3.63) is 24.3 Å². The van der Waals surface area contributed by atoms with Gasteiger partial charge in [0.15, 0.2) is 12.2 Å². The second-order valence-electron chi connectivity index (χ2n) is 6.48. The molecule has 0 aromatic heterocycles. The standard InChI is InChI=1S/C20H26O9/c1-12(21)26-11-18-20(28-14(3)23)19(27-13(2)22)17(29-18)9-10-25-16-7-5-15(24-4)6-8-16/h5-8,17-20H,9-11H2,1-4H3/t17?,18-,19+,20-/m1/s1. The first kappa shape index (κ1) is 22.5. The Morgan fingerprint density at radius 1 is 0.862 bits per heavy atom. The molecule has 0 amide bonds. The van der Waals surface area contributed by atoms with Gasteiger partial charge in [-0.15, -0.1) is 0 Å². The van der Waals surface area contributed by atoms with E-state index in [2.05, 4.69) is 0 Å². The van der Waals surface area contributed by atoms with Crippen LogP contribution in [0.5, 0.6) is 11.5 Å². The van der Waals surface area contributed by atoms with Gasteiger partial charge in [-0.25, -0.2) is 0 Å². The van der Waals surface area contributed by atoms with Crippen molar-refractivity contribution >= 4 is 17.9 Å². The highest BCUT2D eigenvalue weighted by Crippen LogP contribution is 2.30. The molecular formula is C20H26O9. The zero-order chi connectivity index (χ0) is 21.4. The molecule has 1 unspecified atom stereocenters. The van der Waals surface area contributed by atoms with Crippen molar-refractivity contribution in [2.75, 3.05) is 20.3 Å². The minimum atomic E-state index is -0.887. The normalized spacial score (nSPS) is 23.2. The molecule has 1 aromatic rings. The van der Waals surface area contributed by atoms with E-state index < -0.39 is 42.3 Å². The zero-order valence-electron chi connectivity index (χ0n) is 16.9. The predicted molar refractivity (Wildman–Crippen MR) is 99.5 cm³/mol. The van der Waals surface area contributed by atoms with Crippen LogP contribution in [0.25, 0.3) is 0 Å². The van der Waals surface area contributed by atoms with Gasteiger partial charge in [-0.1, -0.05) is 0 Å². The van der Waals surface area contributed by atoms with Gasteiger partial charge in [0.2, 0.25) is 0 Å². The summed E-state index contributed by atoms with van der Waals surface area (Å²) in [6, 6.07) is 7.08. The molecule has 0 radical (unpaired) electrons. The van der Waals surface area contributed by atoms with Crippen LogP contribution in [-0.4, -0.2) is 62.6 Å². The summed E-state index contributed by atoms with van der Waals surface area (Å²) in [5, 5.41) is 0. The van der Waals surface area contributed by atoms with E-state index in [1.807, 2.05) is 0 Å². The zero-order valence-corrected chi connectivity index (χ0v) is 16.9. The molecule has 9 nitrogen and oxygen atoms in total. The summed E-state index contributed by atoms with van der Waals surface area (Å²) in [4.78, 5) is 34.2. The van der Waals surface area contributed by atoms with Gasteiger partial charge in [0, 0.05) is 27.2 Å². The molecule has 4 atom stereocenters. The first-order valence-electron chi connectivity index (χ1n) is 9.20. The summed E-state index contributed by atoms with van der Waals surface area (Å²) < 4.78 is 32.3. The lowest BCUT2D eigenvalue weighted by Crippen LogP contribution is -2.41. The molecule has 0 spiro atoms. The van der Waals surface area contributed by atoms with Gasteiger partial charge in [0.05, 0.1) is 13.7 Å². The third kappa shape index (κ3) is 6.94. The van der Waals surface area contributed by atoms with E-state index in [0.717, 1.165) is 0 Å². The molecule has 0 N–H and O–H groups in total. The quantitative estimate of drug-likeness (QED) is 0.444. The fraction of sp³-hybridized carbons (Fsp3) is 0.550. The Balaban J connectivity index is 2.04. The average molecular weight is 410 g/mol. The van der Waals surface area contributed by atoms with Crippen molar-refractivity contribution < 1.29 is 42.8 Å². The highest BCUT2D eigenvalue weighted by Gasteiger charge is 2.49. The molecule has 1 saturated heterocycles. The Hall–Kier alpha value is -2.81. The van der Waals surface area contributed by atoms with E-state index in [-0.39, 0.29) is 13.2 Å². The molecule has 1 heterocycles. The lowest BCUT2D eigenvalue weighted by atomic mass is 10.1. The lowest BCUT2D eigenvalue weighted by molar-refractivity contribution is -0.165. The molecule has 29 heavy (non-hydrogen) atoms. The van der Waals surface area contributed by atoms with Crippen LogP contribution in [-0.2, 0) is 33.3 Å². The third-order valence-corrected chi connectivity index (χ3v) is 4.19. The van der Waals surface area contributed by atoms with E-state index in [9.17, 15) is 14.4 Å². The van der Waals surface area contributed by atoms with Crippen molar-refractivity contribution in [3.8, 4) is 11.5 Å². The number of ether oxygens (including phenoxy) is 6. The molecule has 9 heteroatoms. The minimum absolute atomic E-state index is 0.124. The molecular weight excluding hydrogens is 384 g/mol. The van der Waals surface area contributed by atoms with Gasteiger partial charge in [0.1, 0.15) is 30.3 Å². The number of rotatable bonds is 9. The van der Waals surface area contributed by atoms with Crippen LogP contribution >= 0.6 is 0 Å². The number of hydrogen-bond donors (Lipinski definition) is 0. The first-order valence-corrected chi connectivity index (χ1v) is 9.20. The Morgan fingerprint density at radius 3 is 1.93 bits per heavy atom. The van der Waals surface area contributed by atoms with Crippen molar-refractivity contribution in [2.24, 2.45) is 0 Å². The molecule has 1 aliphatic rings. The summed E-state index contributed by atoms with van der Waals surface area (Å²) in [7, 11) is 1.58. The van der Waals surface area contributed by atoms with E-state index in [1.165, 1.54) is 20.8 Å². The summed E-state index contributed by atoms with van der Waals surface area (Å²) in [5.74, 6) is -0.237. The predicted octanol–water partition coefficient (Wildman–Crippen LogP) is 1.66. The average Bonchev–Trinajstić information content (AvgIpc) is 2.96. The Morgan fingerprint density at radius 2 is 1.41 bits per heavy atom. The van der Waals surface area contributed by atoms with Crippen molar-refractivity contribution in [1.82, 2.24) is 0 Å². The van der Waals surface area contributed by atoms with Gasteiger partial charge in [0.25, 0.3) is 0 Å². The van der Waals surface area contributed by atoms with Crippen LogP contribution < -0.4 is 9.47 Å². The maximum Gasteiger partial charge on any atom is 0.303 e. The van der Waals surface area contributed by atoms with E-state index in [0.29, 0.717) is 17.9 Å². The summed E-state index contributed by atoms with van der Waals surface area (Å²) in [6.07, 6.45) is -2.71. The van der Waals surface area contributed by atoms with Crippen LogP contribution in [0.2, 0.25) is 0 Å². The highest BCUT2D eigenvalue weighted by atomic mass is 16.6. The topological polar surface area (TPSA) is 107 Å². The van der Waals surface area contributed by atoms with Gasteiger partial charge in [-0.05, 0) is 24.3 Å². The molecule has 160 valence electrons. The first-order chi connectivity index (χ1) is 13.8. The molecule has 1 aromatic carbocycles. The lowest BCUT2D eigenvalue weighted by Gasteiger charge is -2.23. The van der Waals surface area contributed by atoms with Crippen molar-refractivity contribution in [2.45, 2.75) is 51.6 Å². The van der Waals surface area contributed by atoms with Crippen molar-refractivity contribution in [3.63, 3.8) is 0 Å². The van der Waals surface area contributed by atoms with E-state index >= 15 is 0 Å². The van der Waals surface area contributed by atoms with Gasteiger partial charge >= 0.3 is 17.9 Å². The van der Waals surface area contributed by atoms with E-state index in [4.69, 9.17) is 28.4 Å². The maximum absolute atomic E-state index is 11.6. The molecule has 0 bridgehead atoms. The maximum atomic E-state index is 11.6. The van der Waals surface area contributed by atoms with Crippen LogP contribution in [0, 0.1) is 0 Å². The van der Waals surface area contributed by atoms with Crippen LogP contribution in [0.4, 0.5) is 0 Å². The Kier molecular flexibility index (Phi) is 8.26. The van der Waals surface area contributed by atoms with Crippen LogP contribution in [0.15, 0.2) is 24.3 Å². The summed E-state index contributed by atoms with van der Waals surface area (Å²) in [5.41, 5.74) is 0. The second kappa shape index (κ2) is 10.7. The fourth-order valence-electron chi connectivity index (χ4n) is 3.00. The fourth-order valence-corrected chi connectivity index (χ4v) is 3.00. The molecule has 2 rings (SSSR count). The highest BCUT2D eigenvalue weighted by molar-refractivity contribution is 5.68. The van der Waals surface area contributed by atoms with Crippen molar-refractivity contribution in [1.29, 1.82) is 0 Å². The molecule has 1 aliphatic heterocycles. The smallest absolute Gasteiger partial charge is 0.303 e.